The summed E-state index contributed by atoms with van der Waals surface area (Å²) in [5, 5.41) is 17.1. The van der Waals surface area contributed by atoms with Crippen molar-refractivity contribution in [1.29, 1.82) is 0 Å². The lowest BCUT2D eigenvalue weighted by molar-refractivity contribution is -0.153. The topological polar surface area (TPSA) is 114 Å². The number of pyridine rings is 1. The predicted octanol–water partition coefficient (Wildman–Crippen LogP) is 0.166. The molecule has 0 saturated heterocycles. The molecule has 0 radical (unpaired) electrons. The highest BCUT2D eigenvalue weighted by Crippen LogP contribution is 2.05. The summed E-state index contributed by atoms with van der Waals surface area (Å²) in [5.74, 6) is -3.80. The molecule has 0 aromatic carbocycles. The summed E-state index contributed by atoms with van der Waals surface area (Å²) in [6, 6.07) is 2.86. The van der Waals surface area contributed by atoms with Crippen molar-refractivity contribution >= 4 is 17.9 Å². The zero-order chi connectivity index (χ0) is 12.8. The maximum absolute atomic E-state index is 11.4. The molecule has 2 N–H and O–H groups in total. The van der Waals surface area contributed by atoms with Gasteiger partial charge < -0.3 is 14.9 Å². The van der Waals surface area contributed by atoms with Crippen molar-refractivity contribution in [3.8, 4) is 0 Å². The first-order valence-corrected chi connectivity index (χ1v) is 4.56. The van der Waals surface area contributed by atoms with Gasteiger partial charge in [-0.1, -0.05) is 0 Å². The van der Waals surface area contributed by atoms with Gasteiger partial charge in [-0.2, -0.15) is 0 Å². The van der Waals surface area contributed by atoms with Crippen LogP contribution in [0, 0.1) is 0 Å². The number of hydrogen-bond donors (Lipinski definition) is 2. The van der Waals surface area contributed by atoms with Gasteiger partial charge in [-0.3, -0.25) is 9.78 Å². The average molecular weight is 239 g/mol. The molecule has 0 aliphatic carbocycles. The highest BCUT2D eigenvalue weighted by molar-refractivity contribution is 5.91. The van der Waals surface area contributed by atoms with Crippen molar-refractivity contribution < 1.29 is 29.3 Å². The van der Waals surface area contributed by atoms with Crippen LogP contribution in [0.4, 0.5) is 0 Å². The minimum absolute atomic E-state index is 0.0594. The molecule has 1 atom stereocenters. The molecule has 0 aliphatic heterocycles. The SMILES string of the molecule is O=C(O)C[C@H](OC(=O)c1cccnc1)C(=O)O. The van der Waals surface area contributed by atoms with E-state index in [1.807, 2.05) is 0 Å². The number of aliphatic carboxylic acids is 2. The van der Waals surface area contributed by atoms with Crippen LogP contribution in [-0.2, 0) is 14.3 Å². The first-order valence-electron chi connectivity index (χ1n) is 4.56. The molecule has 1 rings (SSSR count). The zero-order valence-electron chi connectivity index (χ0n) is 8.57. The molecule has 7 heteroatoms. The Balaban J connectivity index is 2.71. The molecule has 1 aromatic heterocycles. The summed E-state index contributed by atoms with van der Waals surface area (Å²) in [7, 11) is 0. The van der Waals surface area contributed by atoms with Gasteiger partial charge in [0.05, 0.1) is 12.0 Å². The molecule has 0 spiro atoms. The van der Waals surface area contributed by atoms with E-state index < -0.39 is 30.4 Å². The van der Waals surface area contributed by atoms with E-state index >= 15 is 0 Å². The molecular weight excluding hydrogens is 230 g/mol. The molecule has 0 amide bonds. The first-order chi connectivity index (χ1) is 8.00. The Morgan fingerprint density at radius 3 is 2.53 bits per heavy atom. The van der Waals surface area contributed by atoms with Gasteiger partial charge in [-0.05, 0) is 12.1 Å². The highest BCUT2D eigenvalue weighted by Gasteiger charge is 2.25. The van der Waals surface area contributed by atoms with Crippen LogP contribution in [-0.4, -0.2) is 39.2 Å². The minimum atomic E-state index is -1.71. The largest absolute Gasteiger partial charge is 0.481 e. The van der Waals surface area contributed by atoms with Crippen LogP contribution in [0.1, 0.15) is 16.8 Å². The summed E-state index contributed by atoms with van der Waals surface area (Å²) in [5.41, 5.74) is 0.0594. The van der Waals surface area contributed by atoms with Gasteiger partial charge in [0, 0.05) is 12.4 Å². The normalized spacial score (nSPS) is 11.5. The van der Waals surface area contributed by atoms with E-state index in [0.717, 1.165) is 0 Å². The van der Waals surface area contributed by atoms with Crippen LogP contribution in [0.15, 0.2) is 24.5 Å². The summed E-state index contributed by atoms with van der Waals surface area (Å²) in [6.45, 7) is 0. The number of carboxylic acid groups (broad SMARTS) is 2. The number of carbonyl (C=O) groups excluding carboxylic acids is 1. The van der Waals surface area contributed by atoms with Crippen molar-refractivity contribution in [2.45, 2.75) is 12.5 Å². The van der Waals surface area contributed by atoms with E-state index in [0.29, 0.717) is 0 Å². The van der Waals surface area contributed by atoms with Crippen LogP contribution in [0.25, 0.3) is 0 Å². The summed E-state index contributed by atoms with van der Waals surface area (Å²) in [6.07, 6.45) is 0.131. The Labute approximate surface area is 95.7 Å². The van der Waals surface area contributed by atoms with Crippen LogP contribution < -0.4 is 0 Å². The highest BCUT2D eigenvalue weighted by atomic mass is 16.6. The molecule has 1 aromatic rings. The number of carboxylic acids is 2. The van der Waals surface area contributed by atoms with Gasteiger partial charge in [0.15, 0.2) is 0 Å². The quantitative estimate of drug-likeness (QED) is 0.703. The van der Waals surface area contributed by atoms with Crippen LogP contribution in [0.2, 0.25) is 0 Å². The number of hydrogen-bond acceptors (Lipinski definition) is 5. The van der Waals surface area contributed by atoms with Gasteiger partial charge in [0.2, 0.25) is 6.10 Å². The van der Waals surface area contributed by atoms with Gasteiger partial charge in [-0.15, -0.1) is 0 Å². The van der Waals surface area contributed by atoms with Crippen molar-refractivity contribution in [1.82, 2.24) is 4.98 Å². The third kappa shape index (κ3) is 3.90. The summed E-state index contributed by atoms with van der Waals surface area (Å²) >= 11 is 0. The van der Waals surface area contributed by atoms with Crippen molar-refractivity contribution in [3.05, 3.63) is 30.1 Å². The van der Waals surface area contributed by atoms with E-state index in [4.69, 9.17) is 10.2 Å². The third-order valence-corrected chi connectivity index (χ3v) is 1.78. The minimum Gasteiger partial charge on any atom is -0.481 e. The zero-order valence-corrected chi connectivity index (χ0v) is 8.57. The number of ether oxygens (including phenoxy) is 1. The summed E-state index contributed by atoms with van der Waals surface area (Å²) in [4.78, 5) is 36.1. The van der Waals surface area contributed by atoms with Crippen LogP contribution in [0.3, 0.4) is 0 Å². The number of nitrogens with zero attached hydrogens (tertiary/aromatic N) is 1. The first kappa shape index (κ1) is 12.6. The fraction of sp³-hybridized carbons (Fsp3) is 0.200. The Kier molecular flexibility index (Phi) is 4.15. The van der Waals surface area contributed by atoms with Gasteiger partial charge >= 0.3 is 17.9 Å². The number of rotatable bonds is 5. The standard InChI is InChI=1S/C10H9NO6/c12-8(13)4-7(9(14)15)17-10(16)6-2-1-3-11-5-6/h1-3,5,7H,4H2,(H,12,13)(H,14,15)/t7-/m0/s1. The van der Waals surface area contributed by atoms with Crippen LogP contribution >= 0.6 is 0 Å². The van der Waals surface area contributed by atoms with E-state index in [9.17, 15) is 14.4 Å². The molecule has 0 unspecified atom stereocenters. The van der Waals surface area contributed by atoms with E-state index in [-0.39, 0.29) is 5.56 Å². The number of esters is 1. The molecule has 0 fully saturated rings. The van der Waals surface area contributed by atoms with Gasteiger partial charge in [-0.25, -0.2) is 9.59 Å². The Hall–Kier alpha value is -2.44. The molecular formula is C10H9NO6. The van der Waals surface area contributed by atoms with Gasteiger partial charge in [0.1, 0.15) is 0 Å². The Morgan fingerprint density at radius 1 is 1.35 bits per heavy atom. The maximum atomic E-state index is 11.4. The van der Waals surface area contributed by atoms with E-state index in [1.165, 1.54) is 24.5 Å². The Bertz CT molecular complexity index is 430. The average Bonchev–Trinajstić information content (AvgIpc) is 2.28. The molecule has 0 bridgehead atoms. The predicted molar refractivity (Wildman–Crippen MR) is 53.3 cm³/mol. The summed E-state index contributed by atoms with van der Waals surface area (Å²) < 4.78 is 4.55. The molecule has 90 valence electrons. The Morgan fingerprint density at radius 2 is 2.06 bits per heavy atom. The van der Waals surface area contributed by atoms with Crippen molar-refractivity contribution in [2.75, 3.05) is 0 Å². The second kappa shape index (κ2) is 5.59. The number of carbonyl (C=O) groups is 3. The monoisotopic (exact) mass is 239 g/mol. The van der Waals surface area contributed by atoms with E-state index in [1.54, 1.807) is 0 Å². The van der Waals surface area contributed by atoms with Crippen molar-refractivity contribution in [3.63, 3.8) is 0 Å². The van der Waals surface area contributed by atoms with E-state index in [2.05, 4.69) is 9.72 Å². The second-order valence-corrected chi connectivity index (χ2v) is 3.07. The molecule has 7 nitrogen and oxygen atoms in total. The fourth-order valence-corrected chi connectivity index (χ4v) is 1.02. The molecule has 1 heterocycles. The molecule has 0 aliphatic rings. The second-order valence-electron chi connectivity index (χ2n) is 3.07. The maximum Gasteiger partial charge on any atom is 0.345 e. The smallest absolute Gasteiger partial charge is 0.345 e. The van der Waals surface area contributed by atoms with Crippen LogP contribution in [0.5, 0.6) is 0 Å². The lowest BCUT2D eigenvalue weighted by atomic mass is 10.2. The molecule has 0 saturated carbocycles. The fourth-order valence-electron chi connectivity index (χ4n) is 1.02. The van der Waals surface area contributed by atoms with Crippen molar-refractivity contribution in [2.24, 2.45) is 0 Å². The lowest BCUT2D eigenvalue weighted by Gasteiger charge is -2.11. The lowest BCUT2D eigenvalue weighted by Crippen LogP contribution is -2.29. The third-order valence-electron chi connectivity index (χ3n) is 1.78. The van der Waals surface area contributed by atoms with Gasteiger partial charge in [0.25, 0.3) is 0 Å². The molecule has 17 heavy (non-hydrogen) atoms. The number of aromatic nitrogens is 1.